The Morgan fingerprint density at radius 2 is 1.70 bits per heavy atom. The zero-order valence-electron chi connectivity index (χ0n) is 13.1. The maximum Gasteiger partial charge on any atom is 0.328 e. The van der Waals surface area contributed by atoms with E-state index in [0.717, 1.165) is 11.1 Å². The number of rotatable bonds is 5. The van der Waals surface area contributed by atoms with Crippen LogP contribution in [-0.2, 0) is 16.0 Å². The number of aryl methyl sites for hydroxylation is 1. The molecule has 0 aliphatic heterocycles. The Labute approximate surface area is 134 Å². The smallest absolute Gasteiger partial charge is 0.328 e. The minimum absolute atomic E-state index is 0.0747. The molecule has 0 unspecified atom stereocenters. The molecular weight excluding hydrogens is 294 g/mol. The van der Waals surface area contributed by atoms with E-state index in [9.17, 15) is 14.7 Å². The van der Waals surface area contributed by atoms with Gasteiger partial charge >= 0.3 is 5.97 Å². The normalized spacial score (nSPS) is 11.6. The number of hydrogen-bond acceptors (Lipinski definition) is 4. The number of phenolic OH excluding ortho intramolecular Hbond substituents is 1. The average Bonchev–Trinajstić information content (AvgIpc) is 2.56. The van der Waals surface area contributed by atoms with E-state index in [2.05, 4.69) is 5.32 Å². The van der Waals surface area contributed by atoms with Crippen LogP contribution in [0, 0.1) is 6.92 Å². The third-order valence-electron chi connectivity index (χ3n) is 3.48. The van der Waals surface area contributed by atoms with Crippen LogP contribution in [0.25, 0.3) is 0 Å². The number of esters is 1. The Morgan fingerprint density at radius 3 is 2.26 bits per heavy atom. The van der Waals surface area contributed by atoms with Gasteiger partial charge in [0, 0.05) is 12.0 Å². The molecule has 1 atom stereocenters. The molecule has 5 nitrogen and oxygen atoms in total. The zero-order chi connectivity index (χ0) is 16.8. The highest BCUT2D eigenvalue weighted by molar-refractivity contribution is 5.96. The second-order valence-corrected chi connectivity index (χ2v) is 5.29. The minimum Gasteiger partial charge on any atom is -0.508 e. The van der Waals surface area contributed by atoms with Gasteiger partial charge in [-0.1, -0.05) is 29.8 Å². The monoisotopic (exact) mass is 313 g/mol. The van der Waals surface area contributed by atoms with E-state index in [1.54, 1.807) is 0 Å². The number of nitrogens with one attached hydrogen (secondary N) is 1. The van der Waals surface area contributed by atoms with Gasteiger partial charge in [-0.2, -0.15) is 0 Å². The minimum atomic E-state index is -0.774. The lowest BCUT2D eigenvalue weighted by atomic mass is 10.0. The standard InChI is InChI=1S/C18H19NO4/c1-12-3-5-13(6-4-12)11-16(18(22)23-2)19-17(21)14-7-9-15(20)10-8-14/h3-10,16,20H,11H2,1-2H3,(H,19,21)/t16-/m1/s1. The largest absolute Gasteiger partial charge is 0.508 e. The summed E-state index contributed by atoms with van der Waals surface area (Å²) in [6.07, 6.45) is 0.344. The lowest BCUT2D eigenvalue weighted by molar-refractivity contribution is -0.142. The summed E-state index contributed by atoms with van der Waals surface area (Å²) >= 11 is 0. The lowest BCUT2D eigenvalue weighted by Gasteiger charge is -2.17. The van der Waals surface area contributed by atoms with Crippen LogP contribution in [0.1, 0.15) is 21.5 Å². The molecule has 1 amide bonds. The molecule has 0 fully saturated rings. The fourth-order valence-corrected chi connectivity index (χ4v) is 2.15. The highest BCUT2D eigenvalue weighted by Gasteiger charge is 2.22. The van der Waals surface area contributed by atoms with Crippen LogP contribution in [0.5, 0.6) is 5.75 Å². The van der Waals surface area contributed by atoms with E-state index in [1.807, 2.05) is 31.2 Å². The fourth-order valence-electron chi connectivity index (χ4n) is 2.15. The number of aromatic hydroxyl groups is 1. The molecule has 0 heterocycles. The van der Waals surface area contributed by atoms with Crippen LogP contribution in [0.4, 0.5) is 0 Å². The van der Waals surface area contributed by atoms with Crippen molar-refractivity contribution in [2.75, 3.05) is 7.11 Å². The van der Waals surface area contributed by atoms with E-state index in [-0.39, 0.29) is 5.75 Å². The summed E-state index contributed by atoms with van der Waals surface area (Å²) in [4.78, 5) is 24.2. The number of carbonyl (C=O) groups is 2. The topological polar surface area (TPSA) is 75.6 Å². The van der Waals surface area contributed by atoms with Crippen molar-refractivity contribution in [2.24, 2.45) is 0 Å². The fraction of sp³-hybridized carbons (Fsp3) is 0.222. The Bertz CT molecular complexity index is 677. The summed E-state index contributed by atoms with van der Waals surface area (Å²) in [7, 11) is 1.29. The van der Waals surface area contributed by atoms with Crippen LogP contribution >= 0.6 is 0 Å². The third-order valence-corrected chi connectivity index (χ3v) is 3.48. The summed E-state index contributed by atoms with van der Waals surface area (Å²) in [5.41, 5.74) is 2.41. The van der Waals surface area contributed by atoms with Gasteiger partial charge in [-0.3, -0.25) is 4.79 Å². The highest BCUT2D eigenvalue weighted by atomic mass is 16.5. The van der Waals surface area contributed by atoms with Crippen LogP contribution in [-0.4, -0.2) is 30.1 Å². The van der Waals surface area contributed by atoms with Crippen molar-refractivity contribution in [3.63, 3.8) is 0 Å². The molecule has 0 radical (unpaired) electrons. The van der Waals surface area contributed by atoms with Gasteiger partial charge in [0.1, 0.15) is 11.8 Å². The molecule has 23 heavy (non-hydrogen) atoms. The summed E-state index contributed by atoms with van der Waals surface area (Å²) in [6, 6.07) is 12.8. The first kappa shape index (κ1) is 16.5. The number of methoxy groups -OCH3 is 1. The van der Waals surface area contributed by atoms with Crippen molar-refractivity contribution < 1.29 is 19.4 Å². The Kier molecular flexibility index (Phi) is 5.36. The number of carbonyl (C=O) groups excluding carboxylic acids is 2. The van der Waals surface area contributed by atoms with Gasteiger partial charge in [-0.05, 0) is 36.8 Å². The molecule has 2 aromatic rings. The van der Waals surface area contributed by atoms with Crippen molar-refractivity contribution >= 4 is 11.9 Å². The maximum atomic E-state index is 12.2. The van der Waals surface area contributed by atoms with Gasteiger partial charge in [-0.15, -0.1) is 0 Å². The predicted octanol–water partition coefficient (Wildman–Crippen LogP) is 2.21. The second-order valence-electron chi connectivity index (χ2n) is 5.29. The van der Waals surface area contributed by atoms with Crippen LogP contribution in [0.15, 0.2) is 48.5 Å². The Balaban J connectivity index is 2.12. The number of benzene rings is 2. The number of ether oxygens (including phenoxy) is 1. The van der Waals surface area contributed by atoms with Crippen LogP contribution in [0.3, 0.4) is 0 Å². The molecule has 0 aromatic heterocycles. The number of hydrogen-bond donors (Lipinski definition) is 2. The molecule has 120 valence electrons. The first-order valence-electron chi connectivity index (χ1n) is 7.23. The molecular formula is C18H19NO4. The summed E-state index contributed by atoms with van der Waals surface area (Å²) in [6.45, 7) is 1.98. The van der Waals surface area contributed by atoms with Gasteiger partial charge in [0.25, 0.3) is 5.91 Å². The van der Waals surface area contributed by atoms with Crippen molar-refractivity contribution in [1.29, 1.82) is 0 Å². The Morgan fingerprint density at radius 1 is 1.09 bits per heavy atom. The van der Waals surface area contributed by atoms with Crippen LogP contribution in [0.2, 0.25) is 0 Å². The Hall–Kier alpha value is -2.82. The lowest BCUT2D eigenvalue weighted by Crippen LogP contribution is -2.43. The van der Waals surface area contributed by atoms with Crippen molar-refractivity contribution in [3.05, 3.63) is 65.2 Å². The van der Waals surface area contributed by atoms with Crippen molar-refractivity contribution in [3.8, 4) is 5.75 Å². The van der Waals surface area contributed by atoms with Gasteiger partial charge in [0.2, 0.25) is 0 Å². The number of amides is 1. The molecule has 0 spiro atoms. The molecule has 2 N–H and O–H groups in total. The molecule has 0 saturated carbocycles. The number of phenols is 1. The third kappa shape index (κ3) is 4.57. The van der Waals surface area contributed by atoms with Gasteiger partial charge < -0.3 is 15.2 Å². The van der Waals surface area contributed by atoms with E-state index >= 15 is 0 Å². The SMILES string of the molecule is COC(=O)[C@@H](Cc1ccc(C)cc1)NC(=O)c1ccc(O)cc1. The van der Waals surface area contributed by atoms with Crippen LogP contribution < -0.4 is 5.32 Å². The van der Waals surface area contributed by atoms with Gasteiger partial charge in [-0.25, -0.2) is 4.79 Å². The molecule has 5 heteroatoms. The van der Waals surface area contributed by atoms with E-state index in [4.69, 9.17) is 4.74 Å². The van der Waals surface area contributed by atoms with E-state index in [0.29, 0.717) is 12.0 Å². The van der Waals surface area contributed by atoms with Crippen molar-refractivity contribution in [2.45, 2.75) is 19.4 Å². The zero-order valence-corrected chi connectivity index (χ0v) is 13.1. The molecule has 0 bridgehead atoms. The average molecular weight is 313 g/mol. The summed E-state index contributed by atoms with van der Waals surface area (Å²) < 4.78 is 4.77. The first-order chi connectivity index (χ1) is 11.0. The molecule has 0 aliphatic rings. The second kappa shape index (κ2) is 7.45. The van der Waals surface area contributed by atoms with Gasteiger partial charge in [0.05, 0.1) is 7.11 Å². The predicted molar refractivity (Wildman–Crippen MR) is 86.3 cm³/mol. The molecule has 0 aliphatic carbocycles. The maximum absolute atomic E-state index is 12.2. The summed E-state index contributed by atoms with van der Waals surface area (Å²) in [5.74, 6) is -0.823. The molecule has 2 rings (SSSR count). The van der Waals surface area contributed by atoms with Gasteiger partial charge in [0.15, 0.2) is 0 Å². The van der Waals surface area contributed by atoms with Crippen molar-refractivity contribution in [1.82, 2.24) is 5.32 Å². The summed E-state index contributed by atoms with van der Waals surface area (Å²) in [5, 5.41) is 11.9. The first-order valence-corrected chi connectivity index (χ1v) is 7.23. The highest BCUT2D eigenvalue weighted by Crippen LogP contribution is 2.11. The quantitative estimate of drug-likeness (QED) is 0.830. The van der Waals surface area contributed by atoms with E-state index < -0.39 is 17.9 Å². The molecule has 2 aromatic carbocycles. The molecule has 0 saturated heterocycles. The van der Waals surface area contributed by atoms with E-state index in [1.165, 1.54) is 31.4 Å².